The van der Waals surface area contributed by atoms with Gasteiger partial charge in [-0.05, 0) is 25.8 Å². The van der Waals surface area contributed by atoms with Crippen LogP contribution in [0.5, 0.6) is 0 Å². The maximum absolute atomic E-state index is 12.5. The number of aromatic nitrogens is 3. The first-order valence-corrected chi connectivity index (χ1v) is 7.78. The van der Waals surface area contributed by atoms with Gasteiger partial charge in [0.15, 0.2) is 11.9 Å². The number of fused-ring (bicyclic) bond motifs is 1. The molecule has 0 radical (unpaired) electrons. The summed E-state index contributed by atoms with van der Waals surface area (Å²) in [6, 6.07) is 8.30. The Hall–Kier alpha value is -2.96. The van der Waals surface area contributed by atoms with Crippen molar-refractivity contribution in [3.8, 4) is 0 Å². The van der Waals surface area contributed by atoms with E-state index < -0.39 is 12.1 Å². The minimum atomic E-state index is -0.685. The molecule has 1 saturated carbocycles. The highest BCUT2D eigenvalue weighted by Gasteiger charge is 2.30. The summed E-state index contributed by atoms with van der Waals surface area (Å²) in [5.41, 5.74) is 0.434. The second kappa shape index (κ2) is 5.59. The van der Waals surface area contributed by atoms with E-state index >= 15 is 0 Å². The molecule has 3 aromatic rings. The number of hydrogen-bond acceptors (Lipinski definition) is 6. The number of aromatic amines is 1. The van der Waals surface area contributed by atoms with Crippen molar-refractivity contribution in [2.45, 2.75) is 31.8 Å². The fourth-order valence-corrected chi connectivity index (χ4v) is 2.57. The van der Waals surface area contributed by atoms with Crippen LogP contribution in [0.2, 0.25) is 0 Å². The topological polar surface area (TPSA) is 98.1 Å². The molecule has 0 amide bonds. The van der Waals surface area contributed by atoms with Gasteiger partial charge in [0.05, 0.1) is 5.56 Å². The van der Waals surface area contributed by atoms with E-state index in [1.54, 1.807) is 31.2 Å². The van der Waals surface area contributed by atoms with Crippen LogP contribution in [0.3, 0.4) is 0 Å². The lowest BCUT2D eigenvalue weighted by atomic mass is 10.1. The molecule has 122 valence electrons. The SMILES string of the molecule is C[C@H](OC(=O)c1cc(=O)[nH]c2ccccc12)c1nc(C2CC2)no1. The van der Waals surface area contributed by atoms with Crippen LogP contribution in [0.15, 0.2) is 39.6 Å². The third kappa shape index (κ3) is 2.68. The molecule has 0 bridgehead atoms. The maximum Gasteiger partial charge on any atom is 0.339 e. The van der Waals surface area contributed by atoms with Crippen LogP contribution in [-0.4, -0.2) is 21.1 Å². The Kier molecular flexibility index (Phi) is 3.41. The van der Waals surface area contributed by atoms with E-state index in [4.69, 9.17) is 9.26 Å². The van der Waals surface area contributed by atoms with Crippen molar-refractivity contribution in [2.24, 2.45) is 0 Å². The van der Waals surface area contributed by atoms with E-state index in [0.29, 0.717) is 22.6 Å². The van der Waals surface area contributed by atoms with E-state index in [0.717, 1.165) is 12.8 Å². The van der Waals surface area contributed by atoms with Gasteiger partial charge in [-0.3, -0.25) is 4.79 Å². The number of para-hydroxylation sites is 1. The third-order valence-electron chi connectivity index (χ3n) is 4.00. The van der Waals surface area contributed by atoms with E-state index in [1.807, 2.05) is 0 Å². The van der Waals surface area contributed by atoms with E-state index in [1.165, 1.54) is 6.07 Å². The maximum atomic E-state index is 12.5. The van der Waals surface area contributed by atoms with Crippen molar-refractivity contribution in [3.05, 3.63) is 58.0 Å². The summed E-state index contributed by atoms with van der Waals surface area (Å²) >= 11 is 0. The van der Waals surface area contributed by atoms with Gasteiger partial charge in [0.25, 0.3) is 5.89 Å². The minimum absolute atomic E-state index is 0.211. The number of carbonyl (C=O) groups is 1. The summed E-state index contributed by atoms with van der Waals surface area (Å²) in [7, 11) is 0. The summed E-state index contributed by atoms with van der Waals surface area (Å²) in [4.78, 5) is 31.2. The lowest BCUT2D eigenvalue weighted by Crippen LogP contribution is -2.14. The van der Waals surface area contributed by atoms with Crippen LogP contribution >= 0.6 is 0 Å². The molecule has 0 spiro atoms. The predicted molar refractivity (Wildman–Crippen MR) is 84.7 cm³/mol. The van der Waals surface area contributed by atoms with Crippen LogP contribution in [0.25, 0.3) is 10.9 Å². The van der Waals surface area contributed by atoms with Crippen molar-refractivity contribution >= 4 is 16.9 Å². The Bertz CT molecular complexity index is 971. The Balaban J connectivity index is 1.60. The van der Waals surface area contributed by atoms with E-state index in [-0.39, 0.29) is 17.0 Å². The van der Waals surface area contributed by atoms with Gasteiger partial charge in [-0.2, -0.15) is 4.98 Å². The van der Waals surface area contributed by atoms with Gasteiger partial charge in [0.1, 0.15) is 0 Å². The Labute approximate surface area is 136 Å². The molecule has 0 unspecified atom stereocenters. The van der Waals surface area contributed by atoms with Gasteiger partial charge >= 0.3 is 5.97 Å². The number of carbonyl (C=O) groups excluding carboxylic acids is 1. The van der Waals surface area contributed by atoms with Crippen molar-refractivity contribution in [3.63, 3.8) is 0 Å². The predicted octanol–water partition coefficient (Wildman–Crippen LogP) is 2.71. The van der Waals surface area contributed by atoms with Crippen molar-refractivity contribution in [2.75, 3.05) is 0 Å². The number of rotatable bonds is 4. The third-order valence-corrected chi connectivity index (χ3v) is 4.00. The van der Waals surface area contributed by atoms with Crippen LogP contribution < -0.4 is 5.56 Å². The molecular formula is C17H15N3O4. The second-order valence-electron chi connectivity index (χ2n) is 5.91. The summed E-state index contributed by atoms with van der Waals surface area (Å²) < 4.78 is 10.6. The molecule has 1 aliphatic carbocycles. The van der Waals surface area contributed by atoms with Crippen LogP contribution in [0.1, 0.15) is 53.9 Å². The molecule has 2 aromatic heterocycles. The zero-order valence-electron chi connectivity index (χ0n) is 13.0. The quantitative estimate of drug-likeness (QED) is 0.741. The van der Waals surface area contributed by atoms with Crippen molar-refractivity contribution in [1.29, 1.82) is 0 Å². The molecule has 0 saturated heterocycles. The molecule has 1 N–H and O–H groups in total. The molecule has 1 fully saturated rings. The van der Waals surface area contributed by atoms with Gasteiger partial charge in [0, 0.05) is 22.9 Å². The van der Waals surface area contributed by atoms with Gasteiger partial charge in [-0.15, -0.1) is 0 Å². The number of H-pyrrole nitrogens is 1. The highest BCUT2D eigenvalue weighted by molar-refractivity contribution is 6.03. The first-order chi connectivity index (χ1) is 11.6. The Morgan fingerprint density at radius 1 is 1.38 bits per heavy atom. The standard InChI is InChI=1S/C17H15N3O4/c1-9(16-19-15(20-24-16)10-6-7-10)23-17(22)12-8-14(21)18-13-5-3-2-4-11(12)13/h2-5,8-10H,6-7H2,1H3,(H,18,21)/t9-/m0/s1. The molecule has 7 heteroatoms. The van der Waals surface area contributed by atoms with Gasteiger partial charge in [-0.25, -0.2) is 4.79 Å². The van der Waals surface area contributed by atoms with Crippen LogP contribution in [0, 0.1) is 0 Å². The number of nitrogens with one attached hydrogen (secondary N) is 1. The fourth-order valence-electron chi connectivity index (χ4n) is 2.57. The average Bonchev–Trinajstić information content (AvgIpc) is 3.30. The normalized spacial score (nSPS) is 15.4. The highest BCUT2D eigenvalue weighted by Crippen LogP contribution is 2.38. The average molecular weight is 325 g/mol. The number of pyridine rings is 1. The largest absolute Gasteiger partial charge is 0.449 e. The molecular weight excluding hydrogens is 310 g/mol. The number of esters is 1. The first kappa shape index (κ1) is 14.6. The lowest BCUT2D eigenvalue weighted by Gasteiger charge is -2.10. The highest BCUT2D eigenvalue weighted by atomic mass is 16.6. The molecule has 4 rings (SSSR count). The molecule has 1 aromatic carbocycles. The number of hydrogen-bond donors (Lipinski definition) is 1. The van der Waals surface area contributed by atoms with Crippen molar-refractivity contribution < 1.29 is 14.1 Å². The van der Waals surface area contributed by atoms with Gasteiger partial charge < -0.3 is 14.2 Å². The molecule has 0 aliphatic heterocycles. The van der Waals surface area contributed by atoms with Gasteiger partial charge in [0.2, 0.25) is 5.56 Å². The molecule has 7 nitrogen and oxygen atoms in total. The number of nitrogens with zero attached hydrogens (tertiary/aromatic N) is 2. The summed E-state index contributed by atoms with van der Waals surface area (Å²) in [6.45, 7) is 1.66. The summed E-state index contributed by atoms with van der Waals surface area (Å²) in [5.74, 6) is 0.687. The van der Waals surface area contributed by atoms with Gasteiger partial charge in [-0.1, -0.05) is 23.4 Å². The zero-order valence-corrected chi connectivity index (χ0v) is 13.0. The van der Waals surface area contributed by atoms with Crippen molar-refractivity contribution in [1.82, 2.24) is 15.1 Å². The molecule has 24 heavy (non-hydrogen) atoms. The minimum Gasteiger partial charge on any atom is -0.449 e. The fraction of sp³-hybridized carbons (Fsp3) is 0.294. The lowest BCUT2D eigenvalue weighted by molar-refractivity contribution is 0.0267. The smallest absolute Gasteiger partial charge is 0.339 e. The first-order valence-electron chi connectivity index (χ1n) is 7.78. The monoisotopic (exact) mass is 325 g/mol. The second-order valence-corrected chi connectivity index (χ2v) is 5.91. The number of ether oxygens (including phenoxy) is 1. The molecule has 1 aliphatic rings. The Morgan fingerprint density at radius 3 is 2.96 bits per heavy atom. The van der Waals surface area contributed by atoms with E-state index in [9.17, 15) is 9.59 Å². The summed E-state index contributed by atoms with van der Waals surface area (Å²) in [6.07, 6.45) is 1.44. The molecule has 2 heterocycles. The van der Waals surface area contributed by atoms with E-state index in [2.05, 4.69) is 15.1 Å². The van der Waals surface area contributed by atoms with Crippen LogP contribution in [0.4, 0.5) is 0 Å². The number of benzene rings is 1. The Morgan fingerprint density at radius 2 is 2.17 bits per heavy atom. The molecule has 1 atom stereocenters. The van der Waals surface area contributed by atoms with Crippen LogP contribution in [-0.2, 0) is 4.74 Å². The summed E-state index contributed by atoms with van der Waals surface area (Å²) in [5, 5.41) is 4.53. The zero-order chi connectivity index (χ0) is 16.7.